The van der Waals surface area contributed by atoms with Gasteiger partial charge in [-0.3, -0.25) is 4.79 Å². The predicted octanol–water partition coefficient (Wildman–Crippen LogP) is 0.552. The summed E-state index contributed by atoms with van der Waals surface area (Å²) in [6.45, 7) is 5.79. The van der Waals surface area contributed by atoms with Crippen molar-refractivity contribution in [1.82, 2.24) is 4.90 Å². The molecule has 4 heteroatoms. The topological polar surface area (TPSA) is 29.5 Å². The summed E-state index contributed by atoms with van der Waals surface area (Å²) in [5.41, 5.74) is 0. The average molecular weight is 189 g/mol. The van der Waals surface area contributed by atoms with Crippen molar-refractivity contribution in [2.45, 2.75) is 25.1 Å². The first-order chi connectivity index (χ1) is 5.63. The predicted molar refractivity (Wildman–Crippen MR) is 50.4 cm³/mol. The number of hydrogen-bond acceptors (Lipinski definition) is 3. The molecule has 2 atom stereocenters. The molecule has 0 aromatic rings. The quantitative estimate of drug-likeness (QED) is 0.610. The summed E-state index contributed by atoms with van der Waals surface area (Å²) in [7, 11) is 0. The SMILES string of the molecule is CC(S)C(=O)N1CCOCC1C. The number of carbonyl (C=O) groups excluding carboxylic acids is 1. The van der Waals surface area contributed by atoms with Gasteiger partial charge in [0.25, 0.3) is 0 Å². The van der Waals surface area contributed by atoms with Crippen LogP contribution in [0.5, 0.6) is 0 Å². The summed E-state index contributed by atoms with van der Waals surface area (Å²) in [5, 5.41) is -0.203. The number of hydrogen-bond donors (Lipinski definition) is 1. The first kappa shape index (κ1) is 9.86. The van der Waals surface area contributed by atoms with Gasteiger partial charge in [0.15, 0.2) is 0 Å². The zero-order valence-electron chi connectivity index (χ0n) is 7.49. The second-order valence-corrected chi connectivity index (χ2v) is 3.91. The van der Waals surface area contributed by atoms with E-state index >= 15 is 0 Å². The molecule has 0 spiro atoms. The molecule has 0 saturated carbocycles. The Bertz CT molecular complexity index is 172. The van der Waals surface area contributed by atoms with E-state index in [1.807, 2.05) is 11.8 Å². The molecule has 1 rings (SSSR count). The fourth-order valence-electron chi connectivity index (χ4n) is 1.29. The minimum absolute atomic E-state index is 0.106. The second kappa shape index (κ2) is 4.14. The van der Waals surface area contributed by atoms with Gasteiger partial charge in [0.05, 0.1) is 24.5 Å². The lowest BCUT2D eigenvalue weighted by Crippen LogP contribution is -2.49. The number of carbonyl (C=O) groups is 1. The number of nitrogens with zero attached hydrogens (tertiary/aromatic N) is 1. The van der Waals surface area contributed by atoms with Crippen LogP contribution < -0.4 is 0 Å². The lowest BCUT2D eigenvalue weighted by Gasteiger charge is -2.34. The van der Waals surface area contributed by atoms with Crippen LogP contribution in [0.1, 0.15) is 13.8 Å². The summed E-state index contributed by atoms with van der Waals surface area (Å²) in [4.78, 5) is 13.3. The van der Waals surface area contributed by atoms with Crippen LogP contribution in [-0.2, 0) is 9.53 Å². The van der Waals surface area contributed by atoms with Gasteiger partial charge in [-0.05, 0) is 13.8 Å². The van der Waals surface area contributed by atoms with E-state index in [1.165, 1.54) is 0 Å². The monoisotopic (exact) mass is 189 g/mol. The Morgan fingerprint density at radius 3 is 2.92 bits per heavy atom. The lowest BCUT2D eigenvalue weighted by atomic mass is 10.2. The number of morpholine rings is 1. The van der Waals surface area contributed by atoms with Gasteiger partial charge >= 0.3 is 0 Å². The standard InChI is InChI=1S/C8H15NO2S/c1-6-5-11-4-3-9(6)8(10)7(2)12/h6-7,12H,3-5H2,1-2H3. The van der Waals surface area contributed by atoms with E-state index in [0.717, 1.165) is 0 Å². The Balaban J connectivity index is 2.53. The van der Waals surface area contributed by atoms with Crippen molar-refractivity contribution in [2.75, 3.05) is 19.8 Å². The van der Waals surface area contributed by atoms with Gasteiger partial charge < -0.3 is 9.64 Å². The maximum absolute atomic E-state index is 11.5. The van der Waals surface area contributed by atoms with Crippen LogP contribution in [0.15, 0.2) is 0 Å². The van der Waals surface area contributed by atoms with Gasteiger partial charge in [0.1, 0.15) is 0 Å². The molecular weight excluding hydrogens is 174 g/mol. The first-order valence-corrected chi connectivity index (χ1v) is 4.71. The molecule has 12 heavy (non-hydrogen) atoms. The Labute approximate surface area is 78.5 Å². The largest absolute Gasteiger partial charge is 0.377 e. The van der Waals surface area contributed by atoms with Crippen LogP contribution in [0.3, 0.4) is 0 Å². The molecule has 0 aliphatic carbocycles. The van der Waals surface area contributed by atoms with Gasteiger partial charge in [-0.15, -0.1) is 0 Å². The van der Waals surface area contributed by atoms with Crippen LogP contribution >= 0.6 is 12.6 Å². The molecule has 0 bridgehead atoms. The first-order valence-electron chi connectivity index (χ1n) is 4.19. The molecule has 0 N–H and O–H groups in total. The van der Waals surface area contributed by atoms with Crippen molar-refractivity contribution in [3.05, 3.63) is 0 Å². The van der Waals surface area contributed by atoms with Crippen molar-refractivity contribution in [2.24, 2.45) is 0 Å². The maximum Gasteiger partial charge on any atom is 0.235 e. The van der Waals surface area contributed by atoms with E-state index in [0.29, 0.717) is 19.8 Å². The normalized spacial score (nSPS) is 26.9. The fraction of sp³-hybridized carbons (Fsp3) is 0.875. The highest BCUT2D eigenvalue weighted by atomic mass is 32.1. The smallest absolute Gasteiger partial charge is 0.235 e. The van der Waals surface area contributed by atoms with Crippen molar-refractivity contribution in [3.8, 4) is 0 Å². The van der Waals surface area contributed by atoms with E-state index in [1.54, 1.807) is 6.92 Å². The third-order valence-electron chi connectivity index (χ3n) is 2.01. The van der Waals surface area contributed by atoms with E-state index in [2.05, 4.69) is 12.6 Å². The zero-order chi connectivity index (χ0) is 9.14. The summed E-state index contributed by atoms with van der Waals surface area (Å²) in [6, 6.07) is 0.195. The Hall–Kier alpha value is -0.220. The zero-order valence-corrected chi connectivity index (χ0v) is 8.38. The highest BCUT2D eigenvalue weighted by Gasteiger charge is 2.25. The Morgan fingerprint density at radius 2 is 2.42 bits per heavy atom. The molecule has 0 aromatic carbocycles. The average Bonchev–Trinajstić information content (AvgIpc) is 2.04. The minimum Gasteiger partial charge on any atom is -0.377 e. The molecule has 1 aliphatic rings. The van der Waals surface area contributed by atoms with Crippen molar-refractivity contribution in [3.63, 3.8) is 0 Å². The van der Waals surface area contributed by atoms with E-state index in [9.17, 15) is 4.79 Å². The molecule has 70 valence electrons. The van der Waals surface area contributed by atoms with E-state index in [4.69, 9.17) is 4.74 Å². The summed E-state index contributed by atoms with van der Waals surface area (Å²) < 4.78 is 5.22. The van der Waals surface area contributed by atoms with Gasteiger partial charge in [0, 0.05) is 6.54 Å². The number of rotatable bonds is 1. The molecule has 1 saturated heterocycles. The molecule has 1 heterocycles. The highest BCUT2D eigenvalue weighted by Crippen LogP contribution is 2.10. The van der Waals surface area contributed by atoms with E-state index in [-0.39, 0.29) is 17.2 Å². The van der Waals surface area contributed by atoms with Crippen LogP contribution in [-0.4, -0.2) is 41.9 Å². The van der Waals surface area contributed by atoms with Gasteiger partial charge in [-0.25, -0.2) is 0 Å². The number of ether oxygens (including phenoxy) is 1. The summed E-state index contributed by atoms with van der Waals surface area (Å²) in [5.74, 6) is 0.106. The van der Waals surface area contributed by atoms with Crippen molar-refractivity contribution >= 4 is 18.5 Å². The lowest BCUT2D eigenvalue weighted by molar-refractivity contribution is -0.138. The summed E-state index contributed by atoms with van der Waals surface area (Å²) >= 11 is 4.11. The molecule has 3 nitrogen and oxygen atoms in total. The third-order valence-corrected chi connectivity index (χ3v) is 2.23. The highest BCUT2D eigenvalue weighted by molar-refractivity contribution is 7.81. The van der Waals surface area contributed by atoms with Gasteiger partial charge in [-0.2, -0.15) is 12.6 Å². The molecule has 1 aliphatic heterocycles. The van der Waals surface area contributed by atoms with E-state index < -0.39 is 0 Å². The van der Waals surface area contributed by atoms with Crippen LogP contribution in [0.4, 0.5) is 0 Å². The second-order valence-electron chi connectivity index (χ2n) is 3.13. The van der Waals surface area contributed by atoms with Crippen LogP contribution in [0.25, 0.3) is 0 Å². The van der Waals surface area contributed by atoms with Crippen LogP contribution in [0, 0.1) is 0 Å². The van der Waals surface area contributed by atoms with Gasteiger partial charge in [-0.1, -0.05) is 0 Å². The Kier molecular flexibility index (Phi) is 3.40. The van der Waals surface area contributed by atoms with Crippen molar-refractivity contribution in [1.29, 1.82) is 0 Å². The number of amides is 1. The molecule has 2 unspecified atom stereocenters. The van der Waals surface area contributed by atoms with Crippen LogP contribution in [0.2, 0.25) is 0 Å². The molecular formula is C8H15NO2S. The molecule has 0 aromatic heterocycles. The maximum atomic E-state index is 11.5. The molecule has 1 fully saturated rings. The fourth-order valence-corrected chi connectivity index (χ4v) is 1.44. The van der Waals surface area contributed by atoms with Crippen molar-refractivity contribution < 1.29 is 9.53 Å². The molecule has 0 radical (unpaired) electrons. The summed E-state index contributed by atoms with van der Waals surface area (Å²) in [6.07, 6.45) is 0. The Morgan fingerprint density at radius 1 is 1.75 bits per heavy atom. The third kappa shape index (κ3) is 2.14. The van der Waals surface area contributed by atoms with Gasteiger partial charge in [0.2, 0.25) is 5.91 Å². The molecule has 1 amide bonds. The minimum atomic E-state index is -0.203. The number of thiol groups is 1.